The third kappa shape index (κ3) is 7.32. The fourth-order valence-electron chi connectivity index (χ4n) is 4.62. The molecule has 0 radical (unpaired) electrons. The van der Waals surface area contributed by atoms with E-state index in [4.69, 9.17) is 23.2 Å². The van der Waals surface area contributed by atoms with Crippen LogP contribution >= 0.6 is 23.2 Å². The van der Waals surface area contributed by atoms with Gasteiger partial charge in [0.1, 0.15) is 12.6 Å². The first-order valence-electron chi connectivity index (χ1n) is 12.8. The topological polar surface area (TPSA) is 86.8 Å². The summed E-state index contributed by atoms with van der Waals surface area (Å²) in [6, 6.07) is 20.4. The van der Waals surface area contributed by atoms with Gasteiger partial charge in [-0.3, -0.25) is 13.9 Å². The van der Waals surface area contributed by atoms with Crippen LogP contribution in [0.15, 0.2) is 83.8 Å². The molecule has 0 heterocycles. The number of nitrogens with one attached hydrogen (secondary N) is 1. The Bertz CT molecular complexity index is 1380. The maximum Gasteiger partial charge on any atom is 0.264 e. The lowest BCUT2D eigenvalue weighted by molar-refractivity contribution is -0.139. The van der Waals surface area contributed by atoms with Gasteiger partial charge in [-0.2, -0.15) is 0 Å². The number of hydrogen-bond acceptors (Lipinski definition) is 4. The van der Waals surface area contributed by atoms with E-state index >= 15 is 0 Å². The Morgan fingerprint density at radius 1 is 0.897 bits per heavy atom. The van der Waals surface area contributed by atoms with Crippen molar-refractivity contribution in [2.24, 2.45) is 0 Å². The summed E-state index contributed by atoms with van der Waals surface area (Å²) in [5.74, 6) is -0.781. The van der Waals surface area contributed by atoms with Crippen molar-refractivity contribution in [3.05, 3.63) is 94.5 Å². The van der Waals surface area contributed by atoms with E-state index in [-0.39, 0.29) is 23.4 Å². The van der Waals surface area contributed by atoms with Crippen LogP contribution in [-0.4, -0.2) is 43.8 Å². The van der Waals surface area contributed by atoms with Gasteiger partial charge < -0.3 is 10.2 Å². The third-order valence-electron chi connectivity index (χ3n) is 6.86. The smallest absolute Gasteiger partial charge is 0.264 e. The van der Waals surface area contributed by atoms with E-state index in [0.29, 0.717) is 15.7 Å². The van der Waals surface area contributed by atoms with Crippen molar-refractivity contribution in [3.63, 3.8) is 0 Å². The summed E-state index contributed by atoms with van der Waals surface area (Å²) in [6.45, 7) is 1.28. The second-order valence-electron chi connectivity index (χ2n) is 9.62. The maximum absolute atomic E-state index is 13.9. The lowest BCUT2D eigenvalue weighted by Crippen LogP contribution is -2.52. The molecule has 7 nitrogen and oxygen atoms in total. The Morgan fingerprint density at radius 3 is 2.05 bits per heavy atom. The van der Waals surface area contributed by atoms with Crippen LogP contribution in [0.2, 0.25) is 10.0 Å². The van der Waals surface area contributed by atoms with Crippen LogP contribution < -0.4 is 9.62 Å². The predicted octanol–water partition coefficient (Wildman–Crippen LogP) is 5.66. The normalized spacial score (nSPS) is 14.5. The van der Waals surface area contributed by atoms with Gasteiger partial charge in [-0.05, 0) is 73.9 Å². The predicted molar refractivity (Wildman–Crippen MR) is 154 cm³/mol. The van der Waals surface area contributed by atoms with Crippen LogP contribution in [0.4, 0.5) is 5.69 Å². The number of carbonyl (C=O) groups excluding carboxylic acids is 2. The minimum atomic E-state index is -4.13. The van der Waals surface area contributed by atoms with Gasteiger partial charge in [0.2, 0.25) is 11.8 Å². The van der Waals surface area contributed by atoms with E-state index in [0.717, 1.165) is 35.6 Å². The van der Waals surface area contributed by atoms with E-state index in [1.165, 1.54) is 29.2 Å². The monoisotopic (exact) mass is 587 g/mol. The van der Waals surface area contributed by atoms with Crippen LogP contribution in [0.3, 0.4) is 0 Å². The van der Waals surface area contributed by atoms with Gasteiger partial charge in [0, 0.05) is 22.6 Å². The van der Waals surface area contributed by atoms with E-state index in [1.807, 2.05) is 0 Å². The number of carbonyl (C=O) groups is 2. The quantitative estimate of drug-likeness (QED) is 0.331. The van der Waals surface area contributed by atoms with Gasteiger partial charge in [-0.25, -0.2) is 8.42 Å². The molecule has 3 aromatic carbocycles. The zero-order valence-corrected chi connectivity index (χ0v) is 23.9. The molecule has 1 fully saturated rings. The van der Waals surface area contributed by atoms with E-state index < -0.39 is 28.5 Å². The molecule has 0 saturated heterocycles. The van der Waals surface area contributed by atoms with Crippen LogP contribution in [0.25, 0.3) is 0 Å². The number of hydrogen-bond donors (Lipinski definition) is 1. The molecule has 1 saturated carbocycles. The molecule has 10 heteroatoms. The molecule has 0 aliphatic heterocycles. The Kier molecular flexibility index (Phi) is 9.53. The molecule has 4 rings (SSSR count). The average Bonchev–Trinajstić information content (AvgIpc) is 3.44. The van der Waals surface area contributed by atoms with Crippen molar-refractivity contribution >= 4 is 50.7 Å². The van der Waals surface area contributed by atoms with Crippen molar-refractivity contribution in [2.75, 3.05) is 10.8 Å². The van der Waals surface area contributed by atoms with Crippen LogP contribution in [-0.2, 0) is 26.2 Å². The van der Waals surface area contributed by atoms with Gasteiger partial charge in [-0.1, -0.05) is 66.4 Å². The molecular formula is C29H31Cl2N3O4S. The lowest BCUT2D eigenvalue weighted by atomic mass is 10.1. The van der Waals surface area contributed by atoms with Crippen molar-refractivity contribution in [3.8, 4) is 0 Å². The molecule has 1 N–H and O–H groups in total. The Morgan fingerprint density at radius 2 is 1.46 bits per heavy atom. The fraction of sp³-hybridized carbons (Fsp3) is 0.310. The van der Waals surface area contributed by atoms with Gasteiger partial charge in [-0.15, -0.1) is 0 Å². The largest absolute Gasteiger partial charge is 0.352 e. The summed E-state index contributed by atoms with van der Waals surface area (Å²) < 4.78 is 28.6. The van der Waals surface area contributed by atoms with E-state index in [2.05, 4.69) is 5.32 Å². The maximum atomic E-state index is 13.9. The minimum Gasteiger partial charge on any atom is -0.352 e. The standard InChI is InChI=1S/C29H31Cl2N3O4S/c1-21(29(36)32-25-7-5-6-8-25)33(19-22-11-13-23(30)14-12-22)28(35)20-34(26-9-3-2-4-10-26)39(37,38)27-17-15-24(31)16-18-27/h2-4,9-18,21,25H,5-8,19-20H2,1H3,(H,32,36). The van der Waals surface area contributed by atoms with Gasteiger partial charge in [0.05, 0.1) is 10.6 Å². The SMILES string of the molecule is CC(C(=O)NC1CCCC1)N(Cc1ccc(Cl)cc1)C(=O)CN(c1ccccc1)S(=O)(=O)c1ccc(Cl)cc1. The summed E-state index contributed by atoms with van der Waals surface area (Å²) in [6.07, 6.45) is 3.93. The number of rotatable bonds is 10. The molecule has 1 unspecified atom stereocenters. The van der Waals surface area contributed by atoms with Crippen molar-refractivity contribution in [2.45, 2.75) is 56.1 Å². The summed E-state index contributed by atoms with van der Waals surface area (Å²) in [4.78, 5) is 28.5. The van der Waals surface area contributed by atoms with Crippen molar-refractivity contribution in [1.82, 2.24) is 10.2 Å². The molecular weight excluding hydrogens is 557 g/mol. The third-order valence-corrected chi connectivity index (χ3v) is 9.15. The summed E-state index contributed by atoms with van der Waals surface area (Å²) in [5, 5.41) is 4.00. The Labute approximate surface area is 239 Å². The lowest BCUT2D eigenvalue weighted by Gasteiger charge is -2.32. The number of para-hydroxylation sites is 1. The molecule has 39 heavy (non-hydrogen) atoms. The second kappa shape index (κ2) is 12.9. The number of amides is 2. The van der Waals surface area contributed by atoms with Crippen molar-refractivity contribution in [1.29, 1.82) is 0 Å². The molecule has 0 spiro atoms. The molecule has 0 bridgehead atoms. The van der Waals surface area contributed by atoms with Crippen LogP contribution in [0.5, 0.6) is 0 Å². The second-order valence-corrected chi connectivity index (χ2v) is 12.4. The fourth-order valence-corrected chi connectivity index (χ4v) is 6.28. The number of benzene rings is 3. The van der Waals surface area contributed by atoms with E-state index in [1.54, 1.807) is 61.5 Å². The van der Waals surface area contributed by atoms with Crippen molar-refractivity contribution < 1.29 is 18.0 Å². The van der Waals surface area contributed by atoms with Crippen LogP contribution in [0, 0.1) is 0 Å². The highest BCUT2D eigenvalue weighted by atomic mass is 35.5. The minimum absolute atomic E-state index is 0.000158. The Hall–Kier alpha value is -3.07. The average molecular weight is 589 g/mol. The molecule has 3 aromatic rings. The molecule has 1 atom stereocenters. The molecule has 1 aliphatic rings. The van der Waals surface area contributed by atoms with Crippen LogP contribution in [0.1, 0.15) is 38.2 Å². The summed E-state index contributed by atoms with van der Waals surface area (Å²) in [7, 11) is -4.13. The first-order chi connectivity index (χ1) is 18.6. The van der Waals surface area contributed by atoms with E-state index in [9.17, 15) is 18.0 Å². The number of sulfonamides is 1. The first-order valence-corrected chi connectivity index (χ1v) is 15.0. The molecule has 0 aromatic heterocycles. The Balaban J connectivity index is 1.66. The summed E-state index contributed by atoms with van der Waals surface area (Å²) in [5.41, 5.74) is 1.09. The first kappa shape index (κ1) is 28.9. The number of halogens is 2. The summed E-state index contributed by atoms with van der Waals surface area (Å²) >= 11 is 12.0. The zero-order chi connectivity index (χ0) is 28.0. The molecule has 206 valence electrons. The van der Waals surface area contributed by atoms with Gasteiger partial charge in [0.15, 0.2) is 0 Å². The van der Waals surface area contributed by atoms with Gasteiger partial charge >= 0.3 is 0 Å². The highest BCUT2D eigenvalue weighted by Gasteiger charge is 2.33. The zero-order valence-electron chi connectivity index (χ0n) is 21.6. The highest BCUT2D eigenvalue weighted by molar-refractivity contribution is 7.92. The number of anilines is 1. The number of nitrogens with zero attached hydrogens (tertiary/aromatic N) is 2. The van der Waals surface area contributed by atoms with Gasteiger partial charge in [0.25, 0.3) is 10.0 Å². The molecule has 2 amide bonds. The molecule has 1 aliphatic carbocycles. The highest BCUT2D eigenvalue weighted by Crippen LogP contribution is 2.26.